The predicted octanol–water partition coefficient (Wildman–Crippen LogP) is 7.72. The molecule has 0 radical (unpaired) electrons. The van der Waals surface area contributed by atoms with Crippen molar-refractivity contribution >= 4 is 69.6 Å². The Morgan fingerprint density at radius 1 is 0.886 bits per heavy atom. The van der Waals surface area contributed by atoms with E-state index in [9.17, 15) is 27.2 Å². The number of carbonyl (C=O) groups is 2. The van der Waals surface area contributed by atoms with Crippen molar-refractivity contribution in [3.8, 4) is 0 Å². The number of amides is 2. The average molecular weight is 568 g/mol. The van der Waals surface area contributed by atoms with E-state index in [2.05, 4.69) is 10.6 Å². The summed E-state index contributed by atoms with van der Waals surface area (Å²) in [7, 11) is 0. The van der Waals surface area contributed by atoms with E-state index in [4.69, 9.17) is 46.4 Å². The minimum atomic E-state index is -1.86. The van der Waals surface area contributed by atoms with Crippen LogP contribution in [0.2, 0.25) is 10.0 Å². The third-order valence-electron chi connectivity index (χ3n) is 4.80. The highest BCUT2D eigenvalue weighted by Crippen LogP contribution is 2.41. The predicted molar refractivity (Wildman–Crippen MR) is 129 cm³/mol. The number of hydrogen-bond donors (Lipinski definition) is 2. The van der Waals surface area contributed by atoms with Gasteiger partial charge in [0.05, 0.1) is 22.2 Å². The summed E-state index contributed by atoms with van der Waals surface area (Å²) in [6.07, 6.45) is 0. The highest BCUT2D eigenvalue weighted by Gasteiger charge is 2.40. The van der Waals surface area contributed by atoms with E-state index in [-0.39, 0.29) is 27.5 Å². The molecule has 0 bridgehead atoms. The topological polar surface area (TPSA) is 58.2 Å². The van der Waals surface area contributed by atoms with E-state index in [0.29, 0.717) is 6.07 Å². The molecule has 0 heterocycles. The van der Waals surface area contributed by atoms with Crippen LogP contribution in [-0.2, 0) is 4.79 Å². The van der Waals surface area contributed by atoms with Crippen molar-refractivity contribution in [2.45, 2.75) is 17.2 Å². The second kappa shape index (κ2) is 10.6. The highest BCUT2D eigenvalue weighted by molar-refractivity contribution is 6.50. The lowest BCUT2D eigenvalue weighted by atomic mass is 9.93. The molecule has 0 fully saturated rings. The summed E-state index contributed by atoms with van der Waals surface area (Å²) in [4.78, 5) is 25.7. The zero-order chi connectivity index (χ0) is 26.1. The molecule has 0 spiro atoms. The Labute approximate surface area is 217 Å². The van der Waals surface area contributed by atoms with E-state index in [1.807, 2.05) is 0 Å². The number of benzene rings is 3. The van der Waals surface area contributed by atoms with Gasteiger partial charge in [0.25, 0.3) is 5.91 Å². The molecule has 0 saturated heterocycles. The fourth-order valence-corrected chi connectivity index (χ4v) is 3.99. The molecule has 0 aliphatic rings. The number of carbonyl (C=O) groups excluding carboxylic acids is 2. The Balaban J connectivity index is 1.90. The first-order valence-corrected chi connectivity index (χ1v) is 11.2. The standard InChI is InChI=1S/C23H14Cl4F4N2O2/c1-23(26,27)18(12-4-6-15(29)19(25)20(12)31)22(35)32-11-3-5-14(24)13(9-11)21(34)33-17-7-2-10(28)8-16(17)30/h2-9,18H,1H3,(H,32,35)(H,33,34). The number of anilines is 2. The fourth-order valence-electron chi connectivity index (χ4n) is 3.18. The Kier molecular flexibility index (Phi) is 8.21. The number of rotatable bonds is 6. The summed E-state index contributed by atoms with van der Waals surface area (Å²) in [5.41, 5.74) is -0.800. The molecule has 12 heteroatoms. The van der Waals surface area contributed by atoms with Crippen LogP contribution in [0.4, 0.5) is 28.9 Å². The van der Waals surface area contributed by atoms with Crippen LogP contribution in [-0.4, -0.2) is 16.1 Å². The Bertz CT molecular complexity index is 1320. The lowest BCUT2D eigenvalue weighted by Crippen LogP contribution is -2.33. The molecule has 2 N–H and O–H groups in total. The Morgan fingerprint density at radius 2 is 1.57 bits per heavy atom. The molecule has 0 aliphatic heterocycles. The largest absolute Gasteiger partial charge is 0.325 e. The van der Waals surface area contributed by atoms with Crippen LogP contribution in [0.25, 0.3) is 0 Å². The van der Waals surface area contributed by atoms with E-state index >= 15 is 0 Å². The molecule has 3 rings (SSSR count). The Morgan fingerprint density at radius 3 is 2.20 bits per heavy atom. The average Bonchev–Trinajstić information content (AvgIpc) is 2.76. The van der Waals surface area contributed by atoms with Gasteiger partial charge in [0.2, 0.25) is 5.91 Å². The summed E-state index contributed by atoms with van der Waals surface area (Å²) >= 11 is 24.0. The monoisotopic (exact) mass is 566 g/mol. The molecule has 4 nitrogen and oxygen atoms in total. The van der Waals surface area contributed by atoms with Gasteiger partial charge in [-0.25, -0.2) is 17.6 Å². The van der Waals surface area contributed by atoms with Crippen molar-refractivity contribution in [3.63, 3.8) is 0 Å². The van der Waals surface area contributed by atoms with Gasteiger partial charge in [-0.05, 0) is 43.3 Å². The number of alkyl halides is 2. The Hall–Kier alpha value is -2.52. The van der Waals surface area contributed by atoms with Crippen LogP contribution in [0.5, 0.6) is 0 Å². The second-order valence-electron chi connectivity index (χ2n) is 7.42. The molecule has 1 atom stereocenters. The number of halogens is 8. The molecule has 0 aliphatic carbocycles. The second-order valence-corrected chi connectivity index (χ2v) is 9.97. The summed E-state index contributed by atoms with van der Waals surface area (Å²) in [5.74, 6) is -7.40. The zero-order valence-electron chi connectivity index (χ0n) is 17.5. The first-order chi connectivity index (χ1) is 16.3. The third-order valence-corrected chi connectivity index (χ3v) is 5.92. The van der Waals surface area contributed by atoms with Crippen LogP contribution in [0, 0.1) is 23.3 Å². The molecular weight excluding hydrogens is 554 g/mol. The molecule has 35 heavy (non-hydrogen) atoms. The normalized spacial score (nSPS) is 12.3. The smallest absolute Gasteiger partial charge is 0.257 e. The molecule has 1 unspecified atom stereocenters. The van der Waals surface area contributed by atoms with Gasteiger partial charge >= 0.3 is 0 Å². The molecule has 3 aromatic carbocycles. The quantitative estimate of drug-likeness (QED) is 0.182. The summed E-state index contributed by atoms with van der Waals surface area (Å²) < 4.78 is 53.4. The maximum absolute atomic E-state index is 14.6. The molecule has 3 aromatic rings. The van der Waals surface area contributed by atoms with Crippen LogP contribution < -0.4 is 10.6 Å². The first-order valence-electron chi connectivity index (χ1n) is 9.67. The van der Waals surface area contributed by atoms with Crippen molar-refractivity contribution in [1.82, 2.24) is 0 Å². The van der Waals surface area contributed by atoms with Gasteiger partial charge in [0.1, 0.15) is 32.6 Å². The molecule has 184 valence electrons. The van der Waals surface area contributed by atoms with Crippen molar-refractivity contribution in [2.24, 2.45) is 0 Å². The van der Waals surface area contributed by atoms with Crippen LogP contribution in [0.1, 0.15) is 28.8 Å². The first kappa shape index (κ1) is 27.1. The van der Waals surface area contributed by atoms with E-state index in [0.717, 1.165) is 24.3 Å². The van der Waals surface area contributed by atoms with E-state index in [1.165, 1.54) is 25.1 Å². The highest BCUT2D eigenvalue weighted by atomic mass is 35.5. The van der Waals surface area contributed by atoms with Crippen LogP contribution in [0.15, 0.2) is 48.5 Å². The summed E-state index contributed by atoms with van der Waals surface area (Å²) in [6, 6.07) is 8.19. The molecule has 0 aromatic heterocycles. The van der Waals surface area contributed by atoms with Gasteiger partial charge in [0, 0.05) is 17.3 Å². The molecular formula is C23H14Cl4F4N2O2. The van der Waals surface area contributed by atoms with E-state index < -0.39 is 50.4 Å². The molecule has 2 amide bonds. The van der Waals surface area contributed by atoms with Gasteiger partial charge in [-0.15, -0.1) is 23.2 Å². The van der Waals surface area contributed by atoms with Crippen LogP contribution in [0.3, 0.4) is 0 Å². The maximum Gasteiger partial charge on any atom is 0.257 e. The minimum absolute atomic E-state index is 0.0281. The van der Waals surface area contributed by atoms with Gasteiger partial charge in [-0.1, -0.05) is 29.3 Å². The van der Waals surface area contributed by atoms with Crippen molar-refractivity contribution < 1.29 is 27.2 Å². The minimum Gasteiger partial charge on any atom is -0.325 e. The van der Waals surface area contributed by atoms with Gasteiger partial charge in [-0.3, -0.25) is 9.59 Å². The maximum atomic E-state index is 14.6. The van der Waals surface area contributed by atoms with Gasteiger partial charge in [-0.2, -0.15) is 0 Å². The lowest BCUT2D eigenvalue weighted by molar-refractivity contribution is -0.117. The van der Waals surface area contributed by atoms with Gasteiger partial charge in [0.15, 0.2) is 0 Å². The van der Waals surface area contributed by atoms with Gasteiger partial charge < -0.3 is 10.6 Å². The summed E-state index contributed by atoms with van der Waals surface area (Å²) in [5, 5.41) is 3.80. The number of nitrogens with one attached hydrogen (secondary N) is 2. The SMILES string of the molecule is CC(Cl)(Cl)C(C(=O)Nc1ccc(Cl)c(C(=O)Nc2ccc(F)cc2F)c1)c1ccc(F)c(Cl)c1F. The number of hydrogen-bond acceptors (Lipinski definition) is 2. The molecule has 0 saturated carbocycles. The summed E-state index contributed by atoms with van der Waals surface area (Å²) in [6.45, 7) is 1.23. The van der Waals surface area contributed by atoms with E-state index in [1.54, 1.807) is 0 Å². The van der Waals surface area contributed by atoms with Crippen molar-refractivity contribution in [1.29, 1.82) is 0 Å². The lowest BCUT2D eigenvalue weighted by Gasteiger charge is -2.26. The van der Waals surface area contributed by atoms with Crippen molar-refractivity contribution in [3.05, 3.63) is 93.0 Å². The third kappa shape index (κ3) is 6.19. The zero-order valence-corrected chi connectivity index (χ0v) is 20.6. The fraction of sp³-hybridized carbons (Fsp3) is 0.130. The van der Waals surface area contributed by atoms with Crippen LogP contribution >= 0.6 is 46.4 Å². The van der Waals surface area contributed by atoms with Crippen molar-refractivity contribution in [2.75, 3.05) is 10.6 Å².